The van der Waals surface area contributed by atoms with Crippen LogP contribution >= 0.6 is 0 Å². The first-order valence-electron chi connectivity index (χ1n) is 6.93. The molecule has 0 fully saturated rings. The molecule has 0 aliphatic heterocycles. The number of alkyl halides is 3. The van der Waals surface area contributed by atoms with E-state index in [2.05, 4.69) is 0 Å². The van der Waals surface area contributed by atoms with Crippen LogP contribution in [0.3, 0.4) is 0 Å². The van der Waals surface area contributed by atoms with Gasteiger partial charge in [0.05, 0.1) is 11.1 Å². The van der Waals surface area contributed by atoms with Crippen molar-refractivity contribution in [3.63, 3.8) is 0 Å². The standard InChI is InChI=1S/C17H16F3NO/c1-2-21(12-13-8-4-3-5-9-13)16(22)14-10-6-7-11-15(14)17(18,19)20/h3-11H,2,12H2,1H3. The summed E-state index contributed by atoms with van der Waals surface area (Å²) in [7, 11) is 0. The lowest BCUT2D eigenvalue weighted by Crippen LogP contribution is -2.32. The lowest BCUT2D eigenvalue weighted by molar-refractivity contribution is -0.138. The van der Waals surface area contributed by atoms with E-state index in [4.69, 9.17) is 0 Å². The Kier molecular flexibility index (Phi) is 4.85. The average Bonchev–Trinajstić information content (AvgIpc) is 2.52. The first-order chi connectivity index (χ1) is 10.4. The summed E-state index contributed by atoms with van der Waals surface area (Å²) in [5, 5.41) is 0. The molecule has 0 unspecified atom stereocenters. The molecule has 116 valence electrons. The summed E-state index contributed by atoms with van der Waals surface area (Å²) in [5.74, 6) is -0.612. The zero-order chi connectivity index (χ0) is 16.2. The number of hydrogen-bond donors (Lipinski definition) is 0. The molecule has 0 atom stereocenters. The van der Waals surface area contributed by atoms with E-state index < -0.39 is 17.6 Å². The molecule has 22 heavy (non-hydrogen) atoms. The van der Waals surface area contributed by atoms with E-state index in [9.17, 15) is 18.0 Å². The molecule has 0 radical (unpaired) electrons. The molecule has 2 aromatic carbocycles. The maximum absolute atomic E-state index is 13.0. The second-order valence-corrected chi connectivity index (χ2v) is 4.85. The van der Waals surface area contributed by atoms with Gasteiger partial charge in [0.1, 0.15) is 0 Å². The smallest absolute Gasteiger partial charge is 0.335 e. The quantitative estimate of drug-likeness (QED) is 0.821. The van der Waals surface area contributed by atoms with Gasteiger partial charge >= 0.3 is 6.18 Å². The highest BCUT2D eigenvalue weighted by Gasteiger charge is 2.35. The Labute approximate surface area is 127 Å². The Morgan fingerprint density at radius 2 is 1.59 bits per heavy atom. The van der Waals surface area contributed by atoms with Gasteiger partial charge in [0.15, 0.2) is 0 Å². The summed E-state index contributed by atoms with van der Waals surface area (Å²) in [6.45, 7) is 2.36. The molecule has 0 bridgehead atoms. The Morgan fingerprint density at radius 3 is 2.18 bits per heavy atom. The third-order valence-corrected chi connectivity index (χ3v) is 3.35. The van der Waals surface area contributed by atoms with Crippen LogP contribution in [0, 0.1) is 0 Å². The fourth-order valence-electron chi connectivity index (χ4n) is 2.22. The number of hydrogen-bond acceptors (Lipinski definition) is 1. The van der Waals surface area contributed by atoms with Crippen LogP contribution in [0.15, 0.2) is 54.6 Å². The third-order valence-electron chi connectivity index (χ3n) is 3.35. The Hall–Kier alpha value is -2.30. The molecule has 5 heteroatoms. The van der Waals surface area contributed by atoms with Crippen molar-refractivity contribution in [2.75, 3.05) is 6.54 Å². The summed E-state index contributed by atoms with van der Waals surface area (Å²) in [6.07, 6.45) is -4.54. The largest absolute Gasteiger partial charge is 0.417 e. The first-order valence-corrected chi connectivity index (χ1v) is 6.93. The van der Waals surface area contributed by atoms with Crippen molar-refractivity contribution >= 4 is 5.91 Å². The van der Waals surface area contributed by atoms with Crippen molar-refractivity contribution in [1.82, 2.24) is 4.90 Å². The van der Waals surface area contributed by atoms with Crippen molar-refractivity contribution in [3.05, 3.63) is 71.3 Å². The van der Waals surface area contributed by atoms with Crippen molar-refractivity contribution in [3.8, 4) is 0 Å². The predicted molar refractivity (Wildman–Crippen MR) is 78.3 cm³/mol. The number of halogens is 3. The highest BCUT2D eigenvalue weighted by Crippen LogP contribution is 2.32. The predicted octanol–water partition coefficient (Wildman–Crippen LogP) is 4.37. The van der Waals surface area contributed by atoms with Gasteiger partial charge in [-0.15, -0.1) is 0 Å². The van der Waals surface area contributed by atoms with E-state index in [1.165, 1.54) is 23.1 Å². The first kappa shape index (κ1) is 16.1. The summed E-state index contributed by atoms with van der Waals surface area (Å²) in [5.41, 5.74) is -0.332. The number of benzene rings is 2. The van der Waals surface area contributed by atoms with E-state index in [1.807, 2.05) is 30.3 Å². The summed E-state index contributed by atoms with van der Waals surface area (Å²) in [6, 6.07) is 14.1. The second-order valence-electron chi connectivity index (χ2n) is 4.85. The van der Waals surface area contributed by atoms with Crippen molar-refractivity contribution in [2.45, 2.75) is 19.6 Å². The van der Waals surface area contributed by atoms with Gasteiger partial charge in [0, 0.05) is 13.1 Å². The molecule has 0 spiro atoms. The lowest BCUT2D eigenvalue weighted by atomic mass is 10.1. The zero-order valence-electron chi connectivity index (χ0n) is 12.1. The van der Waals surface area contributed by atoms with Crippen molar-refractivity contribution in [2.24, 2.45) is 0 Å². The Balaban J connectivity index is 2.30. The second kappa shape index (κ2) is 6.64. The van der Waals surface area contributed by atoms with Crippen LogP contribution in [-0.4, -0.2) is 17.4 Å². The normalized spacial score (nSPS) is 11.3. The molecule has 1 amide bonds. The zero-order valence-corrected chi connectivity index (χ0v) is 12.1. The minimum absolute atomic E-state index is 0.280. The lowest BCUT2D eigenvalue weighted by Gasteiger charge is -2.23. The summed E-state index contributed by atoms with van der Waals surface area (Å²) >= 11 is 0. The van der Waals surface area contributed by atoms with Crippen LogP contribution in [0.5, 0.6) is 0 Å². The van der Waals surface area contributed by atoms with E-state index in [-0.39, 0.29) is 12.1 Å². The molecular weight excluding hydrogens is 291 g/mol. The molecule has 2 rings (SSSR count). The van der Waals surface area contributed by atoms with Gasteiger partial charge in [0.2, 0.25) is 0 Å². The highest BCUT2D eigenvalue weighted by molar-refractivity contribution is 5.95. The molecule has 2 nitrogen and oxygen atoms in total. The minimum Gasteiger partial charge on any atom is -0.335 e. The molecule has 0 N–H and O–H groups in total. The molecule has 0 saturated heterocycles. The number of nitrogens with zero attached hydrogens (tertiary/aromatic N) is 1. The van der Waals surface area contributed by atoms with Crippen LogP contribution in [-0.2, 0) is 12.7 Å². The van der Waals surface area contributed by atoms with Gasteiger partial charge in [-0.2, -0.15) is 13.2 Å². The van der Waals surface area contributed by atoms with E-state index in [1.54, 1.807) is 6.92 Å². The van der Waals surface area contributed by atoms with Gasteiger partial charge in [0.25, 0.3) is 5.91 Å². The molecule has 0 saturated carbocycles. The maximum Gasteiger partial charge on any atom is 0.417 e. The minimum atomic E-state index is -4.54. The topological polar surface area (TPSA) is 20.3 Å². The van der Waals surface area contributed by atoms with Gasteiger partial charge in [-0.3, -0.25) is 4.79 Å². The number of carbonyl (C=O) groups excluding carboxylic acids is 1. The van der Waals surface area contributed by atoms with Gasteiger partial charge in [-0.25, -0.2) is 0 Å². The third kappa shape index (κ3) is 3.67. The van der Waals surface area contributed by atoms with Crippen molar-refractivity contribution < 1.29 is 18.0 Å². The molecule has 0 aliphatic carbocycles. The van der Waals surface area contributed by atoms with Gasteiger partial charge < -0.3 is 4.90 Å². The average molecular weight is 307 g/mol. The van der Waals surface area contributed by atoms with Crippen LogP contribution in [0.25, 0.3) is 0 Å². The molecular formula is C17H16F3NO. The van der Waals surface area contributed by atoms with Crippen LogP contribution in [0.2, 0.25) is 0 Å². The molecule has 2 aromatic rings. The number of carbonyl (C=O) groups is 1. The van der Waals surface area contributed by atoms with Crippen LogP contribution in [0.1, 0.15) is 28.4 Å². The van der Waals surface area contributed by atoms with E-state index in [0.717, 1.165) is 11.6 Å². The fourth-order valence-corrected chi connectivity index (χ4v) is 2.22. The SMILES string of the molecule is CCN(Cc1ccccc1)C(=O)c1ccccc1C(F)(F)F. The van der Waals surface area contributed by atoms with Crippen molar-refractivity contribution in [1.29, 1.82) is 0 Å². The van der Waals surface area contributed by atoms with E-state index >= 15 is 0 Å². The Morgan fingerprint density at radius 1 is 1.00 bits per heavy atom. The monoisotopic (exact) mass is 307 g/mol. The van der Waals surface area contributed by atoms with Crippen LogP contribution in [0.4, 0.5) is 13.2 Å². The van der Waals surface area contributed by atoms with Gasteiger partial charge in [-0.05, 0) is 24.6 Å². The fraction of sp³-hybridized carbons (Fsp3) is 0.235. The summed E-state index contributed by atoms with van der Waals surface area (Å²) in [4.78, 5) is 13.9. The summed E-state index contributed by atoms with van der Waals surface area (Å²) < 4.78 is 39.1. The molecule has 0 heterocycles. The Bertz CT molecular complexity index is 638. The van der Waals surface area contributed by atoms with Crippen LogP contribution < -0.4 is 0 Å². The van der Waals surface area contributed by atoms with Gasteiger partial charge in [-0.1, -0.05) is 42.5 Å². The maximum atomic E-state index is 13.0. The number of rotatable bonds is 4. The van der Waals surface area contributed by atoms with E-state index in [0.29, 0.717) is 6.54 Å². The molecule has 0 aliphatic rings. The highest BCUT2D eigenvalue weighted by atomic mass is 19.4. The number of amides is 1. The molecule has 0 aromatic heterocycles.